The topological polar surface area (TPSA) is 110 Å². The Bertz CT molecular complexity index is 315. The summed E-state index contributed by atoms with van der Waals surface area (Å²) in [6.07, 6.45) is 0.973. The summed E-state index contributed by atoms with van der Waals surface area (Å²) in [6, 6.07) is 9.44. The summed E-state index contributed by atoms with van der Waals surface area (Å²) in [5, 5.41) is 15.9. The van der Waals surface area contributed by atoms with Crippen LogP contribution in [0.25, 0.3) is 0 Å². The molecule has 0 heterocycles. The van der Waals surface area contributed by atoms with Crippen molar-refractivity contribution in [2.45, 2.75) is 25.4 Å². The summed E-state index contributed by atoms with van der Waals surface area (Å²) >= 11 is 0. The Morgan fingerprint density at radius 2 is 1.82 bits per heavy atom. The zero-order valence-electron chi connectivity index (χ0n) is 9.91. The van der Waals surface area contributed by atoms with Crippen LogP contribution in [-0.2, 0) is 11.2 Å². The van der Waals surface area contributed by atoms with E-state index in [9.17, 15) is 4.79 Å². The molecule has 0 radical (unpaired) electrons. The lowest BCUT2D eigenvalue weighted by Crippen LogP contribution is -2.33. The van der Waals surface area contributed by atoms with Crippen LogP contribution in [0, 0.1) is 0 Å². The maximum atomic E-state index is 9.65. The largest absolute Gasteiger partial charge is 0.480 e. The molecule has 96 valence electrons. The summed E-state index contributed by atoms with van der Waals surface area (Å²) in [5.41, 5.74) is 11.7. The Morgan fingerprint density at radius 3 is 2.12 bits per heavy atom. The van der Waals surface area contributed by atoms with E-state index >= 15 is 0 Å². The number of aliphatic hydroxyl groups is 1. The van der Waals surface area contributed by atoms with Crippen molar-refractivity contribution in [3.63, 3.8) is 0 Å². The minimum atomic E-state index is -1.18. The smallest absolute Gasteiger partial charge is 0.322 e. The lowest BCUT2D eigenvalue weighted by molar-refractivity contribution is -0.139. The first kappa shape index (κ1) is 15.6. The van der Waals surface area contributed by atoms with Gasteiger partial charge in [0.1, 0.15) is 6.04 Å². The van der Waals surface area contributed by atoms with Gasteiger partial charge >= 0.3 is 5.97 Å². The zero-order valence-corrected chi connectivity index (χ0v) is 9.91. The first-order valence-corrected chi connectivity index (χ1v) is 5.36. The number of rotatable bonds is 4. The zero-order chi connectivity index (χ0) is 13.3. The second-order valence-corrected chi connectivity index (χ2v) is 3.79. The highest BCUT2D eigenvalue weighted by molar-refractivity contribution is 5.73. The molecular formula is C12H20N2O3. The number of benzene rings is 1. The molecule has 2 atom stereocenters. The molecule has 5 nitrogen and oxygen atoms in total. The highest BCUT2D eigenvalue weighted by Crippen LogP contribution is 2.00. The van der Waals surface area contributed by atoms with Gasteiger partial charge in [-0.05, 0) is 18.9 Å². The monoisotopic (exact) mass is 240 g/mol. The second kappa shape index (κ2) is 8.69. The summed E-state index contributed by atoms with van der Waals surface area (Å²) in [4.78, 5) is 9.65. The predicted octanol–water partition coefficient (Wildman–Crippen LogP) is -0.0331. The number of hydrogen-bond acceptors (Lipinski definition) is 4. The second-order valence-electron chi connectivity index (χ2n) is 3.79. The van der Waals surface area contributed by atoms with Gasteiger partial charge in [-0.3, -0.25) is 4.79 Å². The van der Waals surface area contributed by atoms with E-state index in [-0.39, 0.29) is 6.04 Å². The molecule has 0 aliphatic rings. The molecule has 0 amide bonds. The fraction of sp³-hybridized carbons (Fsp3) is 0.417. The minimum Gasteiger partial charge on any atom is -0.480 e. The predicted molar refractivity (Wildman–Crippen MR) is 66.5 cm³/mol. The number of carboxylic acid groups (broad SMARTS) is 1. The average molecular weight is 240 g/mol. The first-order valence-electron chi connectivity index (χ1n) is 5.36. The quantitative estimate of drug-likeness (QED) is 0.590. The van der Waals surface area contributed by atoms with Gasteiger partial charge in [0.25, 0.3) is 0 Å². The summed E-state index contributed by atoms with van der Waals surface area (Å²) < 4.78 is 0. The molecule has 17 heavy (non-hydrogen) atoms. The number of aliphatic carboxylic acids is 1. The van der Waals surface area contributed by atoms with Gasteiger partial charge in [-0.2, -0.15) is 0 Å². The van der Waals surface area contributed by atoms with E-state index in [2.05, 4.69) is 12.1 Å². The molecule has 0 aliphatic heterocycles. The third-order valence-electron chi connectivity index (χ3n) is 1.91. The van der Waals surface area contributed by atoms with Gasteiger partial charge < -0.3 is 21.7 Å². The Balaban J connectivity index is 0.000000325. The Morgan fingerprint density at radius 1 is 1.29 bits per heavy atom. The van der Waals surface area contributed by atoms with Crippen LogP contribution in [0.5, 0.6) is 0 Å². The number of carboxylic acids is 1. The van der Waals surface area contributed by atoms with Crippen molar-refractivity contribution in [1.29, 1.82) is 0 Å². The molecule has 0 bridgehead atoms. The van der Waals surface area contributed by atoms with Gasteiger partial charge in [0.15, 0.2) is 0 Å². The molecule has 6 N–H and O–H groups in total. The van der Waals surface area contributed by atoms with Gasteiger partial charge in [-0.1, -0.05) is 30.3 Å². The number of carbonyl (C=O) groups is 1. The third-order valence-corrected chi connectivity index (χ3v) is 1.91. The summed E-state index contributed by atoms with van der Waals surface area (Å²) in [5.74, 6) is -1.18. The molecule has 1 aromatic carbocycles. The van der Waals surface area contributed by atoms with Crippen molar-refractivity contribution in [2.24, 2.45) is 11.5 Å². The SMILES string of the molecule is CC(N)Cc1ccccc1.NC(CO)C(=O)O. The van der Waals surface area contributed by atoms with Gasteiger partial charge in [-0.15, -0.1) is 0 Å². The third kappa shape index (κ3) is 8.38. The van der Waals surface area contributed by atoms with Gasteiger partial charge in [-0.25, -0.2) is 0 Å². The van der Waals surface area contributed by atoms with Crippen molar-refractivity contribution >= 4 is 5.97 Å². The summed E-state index contributed by atoms with van der Waals surface area (Å²) in [6.45, 7) is 1.52. The standard InChI is InChI=1S/C9H13N.C3H7NO3/c1-8(10)7-9-5-3-2-4-6-9;4-2(1-5)3(6)7/h2-6,8H,7,10H2,1H3;2,5H,1,4H2,(H,6,7). The Kier molecular flexibility index (Phi) is 7.96. The molecule has 5 heteroatoms. The van der Waals surface area contributed by atoms with E-state index in [4.69, 9.17) is 21.7 Å². The molecule has 0 aliphatic carbocycles. The van der Waals surface area contributed by atoms with Crippen LogP contribution >= 0.6 is 0 Å². The maximum absolute atomic E-state index is 9.65. The lowest BCUT2D eigenvalue weighted by Gasteiger charge is -2.02. The van der Waals surface area contributed by atoms with Crippen LogP contribution < -0.4 is 11.5 Å². The molecule has 2 unspecified atom stereocenters. The normalized spacial score (nSPS) is 13.2. The average Bonchev–Trinajstić information content (AvgIpc) is 2.29. The van der Waals surface area contributed by atoms with Crippen LogP contribution in [-0.4, -0.2) is 34.9 Å². The molecule has 0 saturated heterocycles. The van der Waals surface area contributed by atoms with Crippen molar-refractivity contribution in [3.8, 4) is 0 Å². The number of hydrogen-bond donors (Lipinski definition) is 4. The van der Waals surface area contributed by atoms with Gasteiger partial charge in [0.2, 0.25) is 0 Å². The molecule has 0 aromatic heterocycles. The van der Waals surface area contributed by atoms with Crippen LogP contribution in [0.2, 0.25) is 0 Å². The molecular weight excluding hydrogens is 220 g/mol. The molecule has 1 aromatic rings. The van der Waals surface area contributed by atoms with Crippen LogP contribution in [0.4, 0.5) is 0 Å². The van der Waals surface area contributed by atoms with Gasteiger partial charge in [0.05, 0.1) is 6.61 Å². The van der Waals surface area contributed by atoms with Crippen LogP contribution in [0.15, 0.2) is 30.3 Å². The van der Waals surface area contributed by atoms with E-state index in [1.54, 1.807) is 0 Å². The number of nitrogens with two attached hydrogens (primary N) is 2. The Labute approximate surface area is 101 Å². The van der Waals surface area contributed by atoms with E-state index in [0.717, 1.165) is 6.42 Å². The molecule has 1 rings (SSSR count). The lowest BCUT2D eigenvalue weighted by atomic mass is 10.1. The minimum absolute atomic E-state index is 0.266. The van der Waals surface area contributed by atoms with E-state index < -0.39 is 18.6 Å². The highest BCUT2D eigenvalue weighted by atomic mass is 16.4. The fourth-order valence-corrected chi connectivity index (χ4v) is 1.06. The van der Waals surface area contributed by atoms with Gasteiger partial charge in [0, 0.05) is 6.04 Å². The Hall–Kier alpha value is -1.43. The summed E-state index contributed by atoms with van der Waals surface area (Å²) in [7, 11) is 0. The van der Waals surface area contributed by atoms with Crippen molar-refractivity contribution in [1.82, 2.24) is 0 Å². The molecule has 0 saturated carbocycles. The van der Waals surface area contributed by atoms with E-state index in [0.29, 0.717) is 0 Å². The van der Waals surface area contributed by atoms with E-state index in [1.807, 2.05) is 25.1 Å². The highest BCUT2D eigenvalue weighted by Gasteiger charge is 2.07. The number of aliphatic hydroxyl groups excluding tert-OH is 1. The van der Waals surface area contributed by atoms with Crippen LogP contribution in [0.3, 0.4) is 0 Å². The van der Waals surface area contributed by atoms with Crippen molar-refractivity contribution in [2.75, 3.05) is 6.61 Å². The fourth-order valence-electron chi connectivity index (χ4n) is 1.06. The first-order chi connectivity index (χ1) is 7.97. The van der Waals surface area contributed by atoms with E-state index in [1.165, 1.54) is 5.56 Å². The van der Waals surface area contributed by atoms with Crippen molar-refractivity contribution in [3.05, 3.63) is 35.9 Å². The maximum Gasteiger partial charge on any atom is 0.322 e. The van der Waals surface area contributed by atoms with Crippen LogP contribution in [0.1, 0.15) is 12.5 Å². The molecule has 0 fully saturated rings. The molecule has 0 spiro atoms. The van der Waals surface area contributed by atoms with Crippen molar-refractivity contribution < 1.29 is 15.0 Å².